The smallest absolute Gasteiger partial charge is 0.124 e. The Balaban J connectivity index is 2.05. The van der Waals surface area contributed by atoms with E-state index in [0.29, 0.717) is 5.75 Å². The van der Waals surface area contributed by atoms with E-state index >= 15 is 0 Å². The number of hydrogen-bond acceptors (Lipinski definition) is 3. The molecule has 3 nitrogen and oxygen atoms in total. The molecule has 0 aliphatic carbocycles. The van der Waals surface area contributed by atoms with Gasteiger partial charge in [0.15, 0.2) is 0 Å². The molecule has 0 bridgehead atoms. The standard InChI is InChI=1S/C18H21NO2/c1-12(2)21-17-6-4-3-5-15(17)18-16-11-14(20)8-7-13(16)9-10-19-18/h3-8,11-12,18-20H,9-10H2,1-2H3. The highest BCUT2D eigenvalue weighted by Crippen LogP contribution is 2.35. The van der Waals surface area contributed by atoms with E-state index in [9.17, 15) is 5.11 Å². The van der Waals surface area contributed by atoms with Crippen LogP contribution < -0.4 is 10.1 Å². The Hall–Kier alpha value is -2.00. The first-order chi connectivity index (χ1) is 10.1. The van der Waals surface area contributed by atoms with E-state index in [0.717, 1.165) is 29.8 Å². The molecule has 0 saturated carbocycles. The van der Waals surface area contributed by atoms with E-state index in [1.807, 2.05) is 44.2 Å². The lowest BCUT2D eigenvalue weighted by Crippen LogP contribution is -2.31. The minimum absolute atomic E-state index is 0.0656. The highest BCUT2D eigenvalue weighted by atomic mass is 16.5. The van der Waals surface area contributed by atoms with Crippen molar-refractivity contribution in [3.05, 3.63) is 59.2 Å². The average molecular weight is 283 g/mol. The molecule has 0 saturated heterocycles. The summed E-state index contributed by atoms with van der Waals surface area (Å²) in [7, 11) is 0. The third kappa shape index (κ3) is 2.88. The molecule has 2 aromatic carbocycles. The molecule has 0 spiro atoms. The molecule has 0 aromatic heterocycles. The molecule has 1 aliphatic heterocycles. The van der Waals surface area contributed by atoms with Crippen LogP contribution in [0.4, 0.5) is 0 Å². The number of aromatic hydroxyl groups is 1. The van der Waals surface area contributed by atoms with Gasteiger partial charge in [0.2, 0.25) is 0 Å². The van der Waals surface area contributed by atoms with Crippen LogP contribution in [0.1, 0.15) is 36.6 Å². The van der Waals surface area contributed by atoms with Crippen LogP contribution in [0.3, 0.4) is 0 Å². The molecule has 1 unspecified atom stereocenters. The van der Waals surface area contributed by atoms with E-state index in [1.54, 1.807) is 6.07 Å². The van der Waals surface area contributed by atoms with Gasteiger partial charge in [-0.1, -0.05) is 24.3 Å². The fourth-order valence-corrected chi connectivity index (χ4v) is 2.90. The Kier molecular flexibility index (Phi) is 3.84. The number of hydrogen-bond donors (Lipinski definition) is 2. The summed E-state index contributed by atoms with van der Waals surface area (Å²) >= 11 is 0. The first kappa shape index (κ1) is 14.0. The largest absolute Gasteiger partial charge is 0.508 e. The van der Waals surface area contributed by atoms with Gasteiger partial charge in [0.05, 0.1) is 12.1 Å². The molecule has 1 heterocycles. The van der Waals surface area contributed by atoms with Gasteiger partial charge in [-0.05, 0) is 49.6 Å². The van der Waals surface area contributed by atoms with E-state index in [1.165, 1.54) is 5.56 Å². The lowest BCUT2D eigenvalue weighted by Gasteiger charge is -2.29. The maximum Gasteiger partial charge on any atom is 0.124 e. The maximum absolute atomic E-state index is 9.81. The Bertz CT molecular complexity index is 637. The van der Waals surface area contributed by atoms with Crippen LogP contribution in [-0.2, 0) is 6.42 Å². The summed E-state index contributed by atoms with van der Waals surface area (Å²) in [6, 6.07) is 13.8. The highest BCUT2D eigenvalue weighted by Gasteiger charge is 2.24. The average Bonchev–Trinajstić information content (AvgIpc) is 2.47. The fourth-order valence-electron chi connectivity index (χ4n) is 2.90. The first-order valence-electron chi connectivity index (χ1n) is 7.46. The summed E-state index contributed by atoms with van der Waals surface area (Å²) in [5.41, 5.74) is 3.55. The van der Waals surface area contributed by atoms with Crippen molar-refractivity contribution in [3.63, 3.8) is 0 Å². The molecule has 0 amide bonds. The monoisotopic (exact) mass is 283 g/mol. The Morgan fingerprint density at radius 1 is 1.14 bits per heavy atom. The zero-order chi connectivity index (χ0) is 14.8. The fraction of sp³-hybridized carbons (Fsp3) is 0.333. The zero-order valence-corrected chi connectivity index (χ0v) is 12.5. The summed E-state index contributed by atoms with van der Waals surface area (Å²) in [5.74, 6) is 1.21. The number of rotatable bonds is 3. The van der Waals surface area contributed by atoms with Crippen molar-refractivity contribution in [1.82, 2.24) is 5.32 Å². The van der Waals surface area contributed by atoms with E-state index < -0.39 is 0 Å². The Morgan fingerprint density at radius 3 is 2.76 bits per heavy atom. The van der Waals surface area contributed by atoms with E-state index in [4.69, 9.17) is 4.74 Å². The number of phenolic OH excluding ortho intramolecular Hbond substituents is 1. The predicted molar refractivity (Wildman–Crippen MR) is 83.9 cm³/mol. The molecule has 0 fully saturated rings. The van der Waals surface area contributed by atoms with Gasteiger partial charge in [-0.25, -0.2) is 0 Å². The summed E-state index contributed by atoms with van der Waals surface area (Å²) in [6.45, 7) is 4.99. The minimum Gasteiger partial charge on any atom is -0.508 e. The number of para-hydroxylation sites is 1. The van der Waals surface area contributed by atoms with E-state index in [2.05, 4.69) is 11.4 Å². The highest BCUT2D eigenvalue weighted by molar-refractivity contribution is 5.47. The molecule has 110 valence electrons. The molecular weight excluding hydrogens is 262 g/mol. The van der Waals surface area contributed by atoms with Crippen molar-refractivity contribution in [2.75, 3.05) is 6.54 Å². The third-order valence-electron chi connectivity index (χ3n) is 3.78. The Labute approximate surface area is 125 Å². The van der Waals surface area contributed by atoms with Crippen molar-refractivity contribution in [2.45, 2.75) is 32.4 Å². The molecular formula is C18H21NO2. The molecule has 0 radical (unpaired) electrons. The van der Waals surface area contributed by atoms with Gasteiger partial charge in [-0.15, -0.1) is 0 Å². The molecule has 21 heavy (non-hydrogen) atoms. The van der Waals surface area contributed by atoms with Crippen molar-refractivity contribution < 1.29 is 9.84 Å². The number of ether oxygens (including phenoxy) is 1. The summed E-state index contributed by atoms with van der Waals surface area (Å²) in [4.78, 5) is 0. The molecule has 2 aromatic rings. The van der Waals surface area contributed by atoms with Gasteiger partial charge in [-0.3, -0.25) is 0 Å². The van der Waals surface area contributed by atoms with Crippen molar-refractivity contribution >= 4 is 0 Å². The minimum atomic E-state index is 0.0656. The van der Waals surface area contributed by atoms with E-state index in [-0.39, 0.29) is 12.1 Å². The Morgan fingerprint density at radius 2 is 1.95 bits per heavy atom. The molecule has 3 heteroatoms. The number of nitrogens with one attached hydrogen (secondary N) is 1. The summed E-state index contributed by atoms with van der Waals surface area (Å²) in [6.07, 6.45) is 1.12. The van der Waals surface area contributed by atoms with Gasteiger partial charge in [0.25, 0.3) is 0 Å². The van der Waals surface area contributed by atoms with Crippen molar-refractivity contribution in [2.24, 2.45) is 0 Å². The van der Waals surface area contributed by atoms with Crippen molar-refractivity contribution in [1.29, 1.82) is 0 Å². The van der Waals surface area contributed by atoms with Gasteiger partial charge in [-0.2, -0.15) is 0 Å². The zero-order valence-electron chi connectivity index (χ0n) is 12.5. The lowest BCUT2D eigenvalue weighted by molar-refractivity contribution is 0.238. The van der Waals surface area contributed by atoms with Gasteiger partial charge in [0, 0.05) is 12.1 Å². The second-order valence-electron chi connectivity index (χ2n) is 5.72. The lowest BCUT2D eigenvalue weighted by atomic mass is 9.89. The van der Waals surface area contributed by atoms with Crippen LogP contribution in [0.15, 0.2) is 42.5 Å². The molecule has 2 N–H and O–H groups in total. The number of phenols is 1. The van der Waals surface area contributed by atoms with Crippen LogP contribution >= 0.6 is 0 Å². The quantitative estimate of drug-likeness (QED) is 0.907. The van der Waals surface area contributed by atoms with Crippen LogP contribution in [0.5, 0.6) is 11.5 Å². The van der Waals surface area contributed by atoms with Gasteiger partial charge < -0.3 is 15.2 Å². The van der Waals surface area contributed by atoms with Crippen LogP contribution in [-0.4, -0.2) is 17.8 Å². The summed E-state index contributed by atoms with van der Waals surface area (Å²) in [5, 5.41) is 13.3. The SMILES string of the molecule is CC(C)Oc1ccccc1C1NCCc2ccc(O)cc21. The van der Waals surface area contributed by atoms with Gasteiger partial charge >= 0.3 is 0 Å². The molecule has 1 atom stereocenters. The molecule has 3 rings (SSSR count). The van der Waals surface area contributed by atoms with Gasteiger partial charge in [0.1, 0.15) is 11.5 Å². The first-order valence-corrected chi connectivity index (χ1v) is 7.46. The maximum atomic E-state index is 9.81. The van der Waals surface area contributed by atoms with Crippen molar-refractivity contribution in [3.8, 4) is 11.5 Å². The van der Waals surface area contributed by atoms with Crippen LogP contribution in [0, 0.1) is 0 Å². The molecule has 1 aliphatic rings. The normalized spacial score (nSPS) is 17.6. The van der Waals surface area contributed by atoms with Crippen LogP contribution in [0.2, 0.25) is 0 Å². The summed E-state index contributed by atoms with van der Waals surface area (Å²) < 4.78 is 5.94. The van der Waals surface area contributed by atoms with Crippen LogP contribution in [0.25, 0.3) is 0 Å². The number of benzene rings is 2. The second-order valence-corrected chi connectivity index (χ2v) is 5.72. The second kappa shape index (κ2) is 5.78. The topological polar surface area (TPSA) is 41.5 Å². The third-order valence-corrected chi connectivity index (χ3v) is 3.78. The number of fused-ring (bicyclic) bond motifs is 1. The predicted octanol–water partition coefficient (Wildman–Crippen LogP) is 3.41.